The highest BCUT2D eigenvalue weighted by Crippen LogP contribution is 2.32. The van der Waals surface area contributed by atoms with Gasteiger partial charge >= 0.3 is 0 Å². The van der Waals surface area contributed by atoms with Crippen LogP contribution in [-0.2, 0) is 12.0 Å². The van der Waals surface area contributed by atoms with Crippen molar-refractivity contribution in [2.75, 3.05) is 0 Å². The van der Waals surface area contributed by atoms with Gasteiger partial charge in [-0.1, -0.05) is 23.7 Å². The molecule has 1 N–H and O–H groups in total. The van der Waals surface area contributed by atoms with Crippen molar-refractivity contribution < 1.29 is 13.9 Å². The molecule has 0 aliphatic carbocycles. The van der Waals surface area contributed by atoms with Gasteiger partial charge in [0.05, 0.1) is 9.94 Å². The zero-order valence-corrected chi connectivity index (χ0v) is 11.2. The van der Waals surface area contributed by atoms with Crippen LogP contribution in [-0.4, -0.2) is 5.11 Å². The van der Waals surface area contributed by atoms with Gasteiger partial charge in [0.25, 0.3) is 0 Å². The zero-order valence-electron chi connectivity index (χ0n) is 9.58. The minimum atomic E-state index is -1.47. The van der Waals surface area contributed by atoms with Gasteiger partial charge in [0.15, 0.2) is 11.6 Å². The maximum absolute atomic E-state index is 13.6. The highest BCUT2D eigenvalue weighted by Gasteiger charge is 2.28. The molecule has 0 fully saturated rings. The van der Waals surface area contributed by atoms with Crippen LogP contribution in [0.15, 0.2) is 30.3 Å². The standard InChI is InChI=1S/C13H11ClF2OS/c1-13(17,7-8-5-6-11(14)18-8)9-3-2-4-10(15)12(9)16/h2-6,17H,7H2,1H3. The summed E-state index contributed by atoms with van der Waals surface area (Å²) >= 11 is 7.10. The van der Waals surface area contributed by atoms with E-state index in [0.29, 0.717) is 4.34 Å². The van der Waals surface area contributed by atoms with Crippen LogP contribution in [0.1, 0.15) is 17.4 Å². The molecule has 96 valence electrons. The Kier molecular flexibility index (Phi) is 3.71. The van der Waals surface area contributed by atoms with Crippen LogP contribution < -0.4 is 0 Å². The van der Waals surface area contributed by atoms with Crippen molar-refractivity contribution in [3.8, 4) is 0 Å². The fourth-order valence-corrected chi connectivity index (χ4v) is 3.04. The molecular weight excluding hydrogens is 278 g/mol. The number of hydrogen-bond acceptors (Lipinski definition) is 2. The molecule has 18 heavy (non-hydrogen) atoms. The summed E-state index contributed by atoms with van der Waals surface area (Å²) in [6.07, 6.45) is 0.185. The molecule has 2 rings (SSSR count). The third-order valence-electron chi connectivity index (χ3n) is 2.68. The fourth-order valence-electron chi connectivity index (χ4n) is 1.80. The number of hydrogen-bond donors (Lipinski definition) is 1. The van der Waals surface area contributed by atoms with Crippen molar-refractivity contribution in [2.24, 2.45) is 0 Å². The first-order chi connectivity index (χ1) is 8.40. The summed E-state index contributed by atoms with van der Waals surface area (Å²) in [7, 11) is 0. The van der Waals surface area contributed by atoms with E-state index < -0.39 is 17.2 Å². The van der Waals surface area contributed by atoms with Gasteiger partial charge in [0.1, 0.15) is 0 Å². The summed E-state index contributed by atoms with van der Waals surface area (Å²) in [6, 6.07) is 7.26. The molecule has 1 aromatic carbocycles. The molecule has 2 aromatic rings. The Labute approximate surface area is 113 Å². The zero-order chi connectivity index (χ0) is 13.3. The van der Waals surface area contributed by atoms with Crippen molar-refractivity contribution in [3.63, 3.8) is 0 Å². The van der Waals surface area contributed by atoms with Gasteiger partial charge in [0.2, 0.25) is 0 Å². The highest BCUT2D eigenvalue weighted by atomic mass is 35.5. The van der Waals surface area contributed by atoms with E-state index in [4.69, 9.17) is 11.6 Å². The van der Waals surface area contributed by atoms with Gasteiger partial charge in [-0.15, -0.1) is 11.3 Å². The first-order valence-corrected chi connectivity index (χ1v) is 6.51. The van der Waals surface area contributed by atoms with Crippen LogP contribution >= 0.6 is 22.9 Å². The van der Waals surface area contributed by atoms with E-state index in [9.17, 15) is 13.9 Å². The maximum atomic E-state index is 13.6. The van der Waals surface area contributed by atoms with Crippen LogP contribution in [0.25, 0.3) is 0 Å². The van der Waals surface area contributed by atoms with Gasteiger partial charge in [-0.05, 0) is 25.1 Å². The Morgan fingerprint density at radius 1 is 1.28 bits per heavy atom. The van der Waals surface area contributed by atoms with Gasteiger partial charge < -0.3 is 5.11 Å². The summed E-state index contributed by atoms with van der Waals surface area (Å²) in [5.41, 5.74) is -1.52. The predicted molar refractivity (Wildman–Crippen MR) is 69.0 cm³/mol. The lowest BCUT2D eigenvalue weighted by Gasteiger charge is -2.23. The SMILES string of the molecule is CC(O)(Cc1ccc(Cl)s1)c1cccc(F)c1F. The van der Waals surface area contributed by atoms with Crippen LogP contribution in [0, 0.1) is 11.6 Å². The van der Waals surface area contributed by atoms with Crippen molar-refractivity contribution >= 4 is 22.9 Å². The van der Waals surface area contributed by atoms with Crippen molar-refractivity contribution in [1.82, 2.24) is 0 Å². The fraction of sp³-hybridized carbons (Fsp3) is 0.231. The predicted octanol–water partition coefficient (Wildman–Crippen LogP) is 4.13. The van der Waals surface area contributed by atoms with Crippen molar-refractivity contribution in [2.45, 2.75) is 18.9 Å². The second kappa shape index (κ2) is 4.96. The third-order valence-corrected chi connectivity index (χ3v) is 3.91. The summed E-state index contributed by atoms with van der Waals surface area (Å²) in [5.74, 6) is -1.97. The number of thiophene rings is 1. The first kappa shape index (κ1) is 13.5. The van der Waals surface area contributed by atoms with E-state index in [2.05, 4.69) is 0 Å². The molecule has 0 aliphatic heterocycles. The highest BCUT2D eigenvalue weighted by molar-refractivity contribution is 7.16. The number of rotatable bonds is 3. The second-order valence-electron chi connectivity index (χ2n) is 4.26. The number of aliphatic hydroxyl groups is 1. The lowest BCUT2D eigenvalue weighted by Crippen LogP contribution is -2.25. The Balaban J connectivity index is 2.33. The molecule has 1 heterocycles. The van der Waals surface area contributed by atoms with E-state index >= 15 is 0 Å². The molecule has 0 amide bonds. The Hall–Kier alpha value is -0.970. The summed E-state index contributed by atoms with van der Waals surface area (Å²) in [4.78, 5) is 0.814. The Morgan fingerprint density at radius 3 is 2.61 bits per heavy atom. The van der Waals surface area contributed by atoms with E-state index in [-0.39, 0.29) is 12.0 Å². The smallest absolute Gasteiger partial charge is 0.164 e. The first-order valence-electron chi connectivity index (χ1n) is 5.31. The quantitative estimate of drug-likeness (QED) is 0.900. The average molecular weight is 289 g/mol. The minimum Gasteiger partial charge on any atom is -0.385 e. The molecular formula is C13H11ClF2OS. The van der Waals surface area contributed by atoms with E-state index in [1.54, 1.807) is 12.1 Å². The molecule has 5 heteroatoms. The summed E-state index contributed by atoms with van der Waals surface area (Å²) in [6.45, 7) is 1.46. The van der Waals surface area contributed by atoms with Gasteiger partial charge in [-0.25, -0.2) is 8.78 Å². The molecule has 0 bridgehead atoms. The van der Waals surface area contributed by atoms with E-state index in [1.807, 2.05) is 0 Å². The van der Waals surface area contributed by atoms with Crippen LogP contribution in [0.2, 0.25) is 4.34 Å². The molecule has 1 atom stereocenters. The van der Waals surface area contributed by atoms with Crippen LogP contribution in [0.4, 0.5) is 8.78 Å². The third kappa shape index (κ3) is 2.71. The van der Waals surface area contributed by atoms with Crippen molar-refractivity contribution in [3.05, 3.63) is 56.7 Å². The maximum Gasteiger partial charge on any atom is 0.164 e. The van der Waals surface area contributed by atoms with Gasteiger partial charge in [-0.3, -0.25) is 0 Å². The van der Waals surface area contributed by atoms with E-state index in [0.717, 1.165) is 10.9 Å². The van der Waals surface area contributed by atoms with Gasteiger partial charge in [-0.2, -0.15) is 0 Å². The van der Waals surface area contributed by atoms with Gasteiger partial charge in [0, 0.05) is 16.9 Å². The normalized spacial score (nSPS) is 14.5. The molecule has 1 nitrogen and oxygen atoms in total. The summed E-state index contributed by atoms with van der Waals surface area (Å²) in [5, 5.41) is 10.3. The van der Waals surface area contributed by atoms with Crippen LogP contribution in [0.5, 0.6) is 0 Å². The topological polar surface area (TPSA) is 20.2 Å². The molecule has 0 radical (unpaired) electrons. The average Bonchev–Trinajstić information content (AvgIpc) is 2.67. The Morgan fingerprint density at radius 2 is 2.00 bits per heavy atom. The molecule has 1 unspecified atom stereocenters. The van der Waals surface area contributed by atoms with Crippen molar-refractivity contribution in [1.29, 1.82) is 0 Å². The molecule has 1 aromatic heterocycles. The monoisotopic (exact) mass is 288 g/mol. The summed E-state index contributed by atoms with van der Waals surface area (Å²) < 4.78 is 27.4. The second-order valence-corrected chi connectivity index (χ2v) is 6.06. The molecule has 0 saturated carbocycles. The molecule has 0 saturated heterocycles. The molecule has 0 spiro atoms. The largest absolute Gasteiger partial charge is 0.385 e. The number of halogens is 3. The Bertz CT molecular complexity index is 566. The lowest BCUT2D eigenvalue weighted by molar-refractivity contribution is 0.0539. The van der Waals surface area contributed by atoms with E-state index in [1.165, 1.54) is 30.4 Å². The lowest BCUT2D eigenvalue weighted by atomic mass is 9.91. The van der Waals surface area contributed by atoms with Crippen LogP contribution in [0.3, 0.4) is 0 Å². The molecule has 0 aliphatic rings. The number of benzene rings is 1. The minimum absolute atomic E-state index is 0.0491.